The minimum absolute atomic E-state index is 0.260. The molecule has 2 fully saturated rings. The van der Waals surface area contributed by atoms with Crippen LogP contribution in [0.15, 0.2) is 0 Å². The van der Waals surface area contributed by atoms with E-state index in [1.165, 1.54) is 38.5 Å². The van der Waals surface area contributed by atoms with E-state index in [1.807, 2.05) is 4.90 Å². The van der Waals surface area contributed by atoms with Gasteiger partial charge in [0, 0.05) is 25.4 Å². The lowest BCUT2D eigenvalue weighted by Gasteiger charge is -2.53. The Bertz CT molecular complexity index is 233. The van der Waals surface area contributed by atoms with Gasteiger partial charge in [-0.2, -0.15) is 0 Å². The van der Waals surface area contributed by atoms with Crippen LogP contribution < -0.4 is 0 Å². The molecule has 1 aliphatic carbocycles. The maximum absolute atomic E-state index is 11.1. The number of nitrogens with zero attached hydrogens (tertiary/aromatic N) is 1. The van der Waals surface area contributed by atoms with Crippen LogP contribution in [0.5, 0.6) is 0 Å². The molecule has 2 heteroatoms. The smallest absolute Gasteiger partial charge is 0.219 e. The second kappa shape index (κ2) is 4.15. The third-order valence-corrected chi connectivity index (χ3v) is 4.36. The summed E-state index contributed by atoms with van der Waals surface area (Å²) in [4.78, 5) is 13.1. The van der Waals surface area contributed by atoms with Crippen molar-refractivity contribution in [2.45, 2.75) is 52.4 Å². The van der Waals surface area contributed by atoms with Gasteiger partial charge in [0.1, 0.15) is 0 Å². The van der Waals surface area contributed by atoms with E-state index in [1.54, 1.807) is 6.92 Å². The Labute approximate surface area is 93.0 Å². The van der Waals surface area contributed by atoms with Gasteiger partial charge in [-0.1, -0.05) is 19.8 Å². The zero-order valence-electron chi connectivity index (χ0n) is 10.1. The molecule has 2 rings (SSSR count). The summed E-state index contributed by atoms with van der Waals surface area (Å²) in [5, 5.41) is 0. The monoisotopic (exact) mass is 209 g/mol. The molecule has 0 radical (unpaired) electrons. The molecule has 2 nitrogen and oxygen atoms in total. The zero-order chi connectivity index (χ0) is 10.9. The first kappa shape index (κ1) is 11.0. The van der Waals surface area contributed by atoms with Crippen LogP contribution in [-0.2, 0) is 4.79 Å². The van der Waals surface area contributed by atoms with E-state index in [9.17, 15) is 4.79 Å². The first-order chi connectivity index (χ1) is 7.15. The van der Waals surface area contributed by atoms with Crippen molar-refractivity contribution >= 4 is 5.91 Å². The molecule has 0 bridgehead atoms. The zero-order valence-corrected chi connectivity index (χ0v) is 10.1. The fraction of sp³-hybridized carbons (Fsp3) is 0.923. The first-order valence-corrected chi connectivity index (χ1v) is 6.41. The second-order valence-electron chi connectivity index (χ2n) is 5.61. The lowest BCUT2D eigenvalue weighted by Crippen LogP contribution is -2.58. The highest BCUT2D eigenvalue weighted by molar-refractivity contribution is 5.74. The van der Waals surface area contributed by atoms with Crippen molar-refractivity contribution in [3.63, 3.8) is 0 Å². The summed E-state index contributed by atoms with van der Waals surface area (Å²) < 4.78 is 0. The number of amides is 1. The minimum Gasteiger partial charge on any atom is -0.342 e. The predicted octanol–water partition coefficient (Wildman–Crippen LogP) is 2.83. The second-order valence-corrected chi connectivity index (χ2v) is 5.61. The summed E-state index contributed by atoms with van der Waals surface area (Å²) in [7, 11) is 0. The summed E-state index contributed by atoms with van der Waals surface area (Å²) in [5.41, 5.74) is 0.538. The molecule has 0 aromatic heterocycles. The molecule has 0 unspecified atom stereocenters. The Morgan fingerprint density at radius 2 is 1.93 bits per heavy atom. The van der Waals surface area contributed by atoms with Crippen LogP contribution in [0.4, 0.5) is 0 Å². The summed E-state index contributed by atoms with van der Waals surface area (Å²) in [5.74, 6) is 1.24. The molecular weight excluding hydrogens is 186 g/mol. The van der Waals surface area contributed by atoms with Crippen molar-refractivity contribution in [1.82, 2.24) is 4.90 Å². The van der Waals surface area contributed by atoms with E-state index < -0.39 is 0 Å². The number of carbonyl (C=O) groups is 1. The average Bonchev–Trinajstić information content (AvgIpc) is 2.16. The van der Waals surface area contributed by atoms with Crippen molar-refractivity contribution < 1.29 is 4.79 Å². The Balaban J connectivity index is 1.77. The number of rotatable bonds is 2. The fourth-order valence-corrected chi connectivity index (χ4v) is 3.29. The Morgan fingerprint density at radius 1 is 1.33 bits per heavy atom. The van der Waals surface area contributed by atoms with E-state index >= 15 is 0 Å². The van der Waals surface area contributed by atoms with E-state index in [0.29, 0.717) is 5.41 Å². The van der Waals surface area contributed by atoms with Crippen LogP contribution in [0.3, 0.4) is 0 Å². The highest BCUT2D eigenvalue weighted by atomic mass is 16.2. The van der Waals surface area contributed by atoms with Crippen molar-refractivity contribution in [1.29, 1.82) is 0 Å². The summed E-state index contributed by atoms with van der Waals surface area (Å²) in [6.07, 6.45) is 8.27. The number of likely N-dealkylation sites (tertiary alicyclic amines) is 1. The molecule has 1 heterocycles. The lowest BCUT2D eigenvalue weighted by molar-refractivity contribution is -0.143. The number of hydrogen-bond acceptors (Lipinski definition) is 1. The van der Waals surface area contributed by atoms with Gasteiger partial charge in [0.05, 0.1) is 0 Å². The molecule has 1 amide bonds. The van der Waals surface area contributed by atoms with Gasteiger partial charge in [-0.15, -0.1) is 0 Å². The summed E-state index contributed by atoms with van der Waals surface area (Å²) >= 11 is 0. The minimum atomic E-state index is 0.260. The molecule has 0 aromatic carbocycles. The maximum atomic E-state index is 11.1. The van der Waals surface area contributed by atoms with Gasteiger partial charge in [-0.05, 0) is 31.6 Å². The van der Waals surface area contributed by atoms with Gasteiger partial charge in [0.15, 0.2) is 0 Å². The molecule has 1 spiro atoms. The van der Waals surface area contributed by atoms with Gasteiger partial charge in [0.25, 0.3) is 0 Å². The fourth-order valence-electron chi connectivity index (χ4n) is 3.29. The van der Waals surface area contributed by atoms with Gasteiger partial charge in [-0.25, -0.2) is 0 Å². The van der Waals surface area contributed by atoms with Gasteiger partial charge in [0.2, 0.25) is 5.91 Å². The highest BCUT2D eigenvalue weighted by Gasteiger charge is 2.45. The van der Waals surface area contributed by atoms with E-state index in [2.05, 4.69) is 6.92 Å². The molecule has 0 atom stereocenters. The van der Waals surface area contributed by atoms with Crippen LogP contribution in [0.2, 0.25) is 0 Å². The highest BCUT2D eigenvalue weighted by Crippen LogP contribution is 2.46. The third kappa shape index (κ3) is 2.19. The Hall–Kier alpha value is -0.530. The molecular formula is C13H23NO. The third-order valence-electron chi connectivity index (χ3n) is 4.36. The standard InChI is InChI=1S/C13H23NO/c1-3-4-12-5-7-13(8-6-12)9-14(10-13)11(2)15/h12H,3-10H2,1-2H3. The van der Waals surface area contributed by atoms with Crippen LogP contribution in [-0.4, -0.2) is 23.9 Å². The topological polar surface area (TPSA) is 20.3 Å². The van der Waals surface area contributed by atoms with Crippen LogP contribution in [0, 0.1) is 11.3 Å². The Morgan fingerprint density at radius 3 is 2.40 bits per heavy atom. The summed E-state index contributed by atoms with van der Waals surface area (Å²) in [6, 6.07) is 0. The van der Waals surface area contributed by atoms with Gasteiger partial charge in [-0.3, -0.25) is 4.79 Å². The molecule has 15 heavy (non-hydrogen) atoms. The maximum Gasteiger partial charge on any atom is 0.219 e. The normalized spacial score (nSPS) is 25.3. The van der Waals surface area contributed by atoms with Gasteiger partial charge < -0.3 is 4.90 Å². The van der Waals surface area contributed by atoms with Crippen molar-refractivity contribution in [2.24, 2.45) is 11.3 Å². The Kier molecular flexibility index (Phi) is 3.03. The molecule has 1 saturated carbocycles. The molecule has 0 N–H and O–H groups in total. The molecule has 86 valence electrons. The molecule has 2 aliphatic rings. The quantitative estimate of drug-likeness (QED) is 0.685. The number of carbonyl (C=O) groups excluding carboxylic acids is 1. The van der Waals surface area contributed by atoms with Crippen molar-refractivity contribution in [2.75, 3.05) is 13.1 Å². The van der Waals surface area contributed by atoms with Crippen LogP contribution >= 0.6 is 0 Å². The first-order valence-electron chi connectivity index (χ1n) is 6.41. The molecule has 1 saturated heterocycles. The van der Waals surface area contributed by atoms with Crippen molar-refractivity contribution in [3.8, 4) is 0 Å². The largest absolute Gasteiger partial charge is 0.342 e. The number of hydrogen-bond donors (Lipinski definition) is 0. The van der Waals surface area contributed by atoms with E-state index in [0.717, 1.165) is 19.0 Å². The average molecular weight is 209 g/mol. The molecule has 1 aliphatic heterocycles. The van der Waals surface area contributed by atoms with E-state index in [4.69, 9.17) is 0 Å². The van der Waals surface area contributed by atoms with Crippen molar-refractivity contribution in [3.05, 3.63) is 0 Å². The predicted molar refractivity (Wildman–Crippen MR) is 61.6 cm³/mol. The lowest BCUT2D eigenvalue weighted by atomic mass is 9.65. The van der Waals surface area contributed by atoms with Crippen LogP contribution in [0.25, 0.3) is 0 Å². The molecule has 0 aromatic rings. The summed E-state index contributed by atoms with van der Waals surface area (Å²) in [6.45, 7) is 6.06. The van der Waals surface area contributed by atoms with Crippen LogP contribution in [0.1, 0.15) is 52.4 Å². The van der Waals surface area contributed by atoms with Gasteiger partial charge >= 0.3 is 0 Å². The SMILES string of the molecule is CCCC1CCC2(CC1)CN(C(C)=O)C2. The van der Waals surface area contributed by atoms with E-state index in [-0.39, 0.29) is 5.91 Å².